The molecule has 1 nitrogen and oxygen atoms in total. The summed E-state index contributed by atoms with van der Waals surface area (Å²) in [4.78, 5) is 0. The van der Waals surface area contributed by atoms with E-state index in [4.69, 9.17) is 11.6 Å². The average molecular weight is 253 g/mol. The van der Waals surface area contributed by atoms with E-state index in [1.54, 1.807) is 0 Å². The summed E-state index contributed by atoms with van der Waals surface area (Å²) in [6.07, 6.45) is 4.40. The third-order valence-electron chi connectivity index (χ3n) is 4.14. The van der Waals surface area contributed by atoms with E-state index in [1.165, 1.54) is 12.8 Å². The van der Waals surface area contributed by atoms with Crippen LogP contribution in [0.25, 0.3) is 0 Å². The summed E-state index contributed by atoms with van der Waals surface area (Å²) in [5.74, 6) is 1.22. The van der Waals surface area contributed by atoms with Crippen LogP contribution in [-0.4, -0.2) is 5.11 Å². The molecule has 2 rings (SSSR count). The highest BCUT2D eigenvalue weighted by Crippen LogP contribution is 2.38. The predicted octanol–water partition coefficient (Wildman–Crippen LogP) is 4.51. The van der Waals surface area contributed by atoms with Gasteiger partial charge in [0.25, 0.3) is 0 Å². The van der Waals surface area contributed by atoms with Gasteiger partial charge in [0, 0.05) is 5.02 Å². The van der Waals surface area contributed by atoms with Crippen molar-refractivity contribution in [2.75, 3.05) is 0 Å². The fourth-order valence-electron chi connectivity index (χ4n) is 2.80. The lowest BCUT2D eigenvalue weighted by Crippen LogP contribution is -2.20. The van der Waals surface area contributed by atoms with Crippen LogP contribution < -0.4 is 0 Å². The molecule has 1 unspecified atom stereocenters. The van der Waals surface area contributed by atoms with Crippen LogP contribution in [0.1, 0.15) is 49.8 Å². The molecule has 2 heteroatoms. The molecule has 1 N–H and O–H groups in total. The maximum Gasteiger partial charge on any atom is 0.0821 e. The number of hydrogen-bond acceptors (Lipinski definition) is 1. The summed E-state index contributed by atoms with van der Waals surface area (Å²) >= 11 is 6.11. The predicted molar refractivity (Wildman–Crippen MR) is 72.3 cm³/mol. The Kier molecular flexibility index (Phi) is 4.11. The van der Waals surface area contributed by atoms with Gasteiger partial charge in [0.15, 0.2) is 0 Å². The van der Waals surface area contributed by atoms with Crippen molar-refractivity contribution >= 4 is 11.6 Å². The van der Waals surface area contributed by atoms with E-state index in [2.05, 4.69) is 6.92 Å². The van der Waals surface area contributed by atoms with Crippen molar-refractivity contribution in [3.05, 3.63) is 34.3 Å². The van der Waals surface area contributed by atoms with Crippen LogP contribution in [0.5, 0.6) is 0 Å². The Morgan fingerprint density at radius 3 is 2.53 bits per heavy atom. The summed E-state index contributed by atoms with van der Waals surface area (Å²) in [5, 5.41) is 11.2. The fourth-order valence-corrected chi connectivity index (χ4v) is 2.98. The molecule has 0 aromatic heterocycles. The van der Waals surface area contributed by atoms with Crippen LogP contribution in [0.2, 0.25) is 5.02 Å². The molecule has 94 valence electrons. The number of halogens is 1. The standard InChI is InChI=1S/C15H21ClO/c1-10-6-8-12(9-7-10)15(17)13-4-3-5-14(16)11(13)2/h3-5,10,12,15,17H,6-9H2,1-2H3. The number of aliphatic hydroxyl groups excluding tert-OH is 1. The number of benzene rings is 1. The third-order valence-corrected chi connectivity index (χ3v) is 4.54. The minimum absolute atomic E-state index is 0.346. The first-order valence-electron chi connectivity index (χ1n) is 6.52. The van der Waals surface area contributed by atoms with Gasteiger partial charge in [0.05, 0.1) is 6.10 Å². The monoisotopic (exact) mass is 252 g/mol. The Balaban J connectivity index is 2.14. The highest BCUT2D eigenvalue weighted by Gasteiger charge is 2.26. The van der Waals surface area contributed by atoms with Gasteiger partial charge in [-0.15, -0.1) is 0 Å². The van der Waals surface area contributed by atoms with Crippen molar-refractivity contribution in [2.24, 2.45) is 11.8 Å². The van der Waals surface area contributed by atoms with Gasteiger partial charge in [-0.05, 0) is 48.8 Å². The zero-order valence-corrected chi connectivity index (χ0v) is 11.4. The minimum Gasteiger partial charge on any atom is -0.388 e. The molecule has 0 spiro atoms. The maximum atomic E-state index is 10.5. The van der Waals surface area contributed by atoms with Crippen molar-refractivity contribution in [1.82, 2.24) is 0 Å². The Morgan fingerprint density at radius 1 is 1.24 bits per heavy atom. The molecule has 0 aliphatic heterocycles. The van der Waals surface area contributed by atoms with E-state index >= 15 is 0 Å². The van der Waals surface area contributed by atoms with Crippen LogP contribution in [-0.2, 0) is 0 Å². The molecule has 1 saturated carbocycles. The van der Waals surface area contributed by atoms with E-state index in [9.17, 15) is 5.11 Å². The second-order valence-electron chi connectivity index (χ2n) is 5.42. The van der Waals surface area contributed by atoms with Crippen LogP contribution >= 0.6 is 11.6 Å². The molecule has 1 aliphatic rings. The number of rotatable bonds is 2. The molecule has 1 aliphatic carbocycles. The topological polar surface area (TPSA) is 20.2 Å². The molecule has 0 bridgehead atoms. The van der Waals surface area contributed by atoms with E-state index in [0.717, 1.165) is 34.9 Å². The first kappa shape index (κ1) is 12.9. The van der Waals surface area contributed by atoms with Gasteiger partial charge < -0.3 is 5.11 Å². The second-order valence-corrected chi connectivity index (χ2v) is 5.83. The van der Waals surface area contributed by atoms with Crippen molar-refractivity contribution in [3.63, 3.8) is 0 Å². The van der Waals surface area contributed by atoms with Crippen LogP contribution in [0.3, 0.4) is 0 Å². The Morgan fingerprint density at radius 2 is 1.88 bits per heavy atom. The van der Waals surface area contributed by atoms with Crippen molar-refractivity contribution in [1.29, 1.82) is 0 Å². The molecule has 1 aromatic carbocycles. The second kappa shape index (κ2) is 5.41. The zero-order valence-electron chi connectivity index (χ0n) is 10.6. The first-order valence-corrected chi connectivity index (χ1v) is 6.90. The van der Waals surface area contributed by atoms with E-state index in [1.807, 2.05) is 25.1 Å². The SMILES string of the molecule is Cc1c(Cl)cccc1C(O)C1CCC(C)CC1. The molecule has 1 atom stereocenters. The molecule has 0 saturated heterocycles. The molecule has 17 heavy (non-hydrogen) atoms. The zero-order chi connectivity index (χ0) is 12.4. The molecule has 1 fully saturated rings. The molecule has 0 amide bonds. The molecule has 1 aromatic rings. The highest BCUT2D eigenvalue weighted by molar-refractivity contribution is 6.31. The van der Waals surface area contributed by atoms with Crippen LogP contribution in [0.15, 0.2) is 18.2 Å². The summed E-state index contributed by atoms with van der Waals surface area (Å²) in [6, 6.07) is 5.82. The third kappa shape index (κ3) is 2.83. The largest absolute Gasteiger partial charge is 0.388 e. The molecule has 0 radical (unpaired) electrons. The lowest BCUT2D eigenvalue weighted by atomic mass is 9.78. The van der Waals surface area contributed by atoms with Gasteiger partial charge in [-0.3, -0.25) is 0 Å². The maximum absolute atomic E-state index is 10.5. The first-order chi connectivity index (χ1) is 8.09. The van der Waals surface area contributed by atoms with Gasteiger partial charge in [-0.2, -0.15) is 0 Å². The molecular weight excluding hydrogens is 232 g/mol. The fraction of sp³-hybridized carbons (Fsp3) is 0.600. The Hall–Kier alpha value is -0.530. The molecule has 0 heterocycles. The summed E-state index contributed by atoms with van der Waals surface area (Å²) in [5.41, 5.74) is 2.04. The lowest BCUT2D eigenvalue weighted by molar-refractivity contribution is 0.0751. The average Bonchev–Trinajstić information content (AvgIpc) is 2.33. The smallest absolute Gasteiger partial charge is 0.0821 e. The van der Waals surface area contributed by atoms with E-state index in [0.29, 0.717) is 5.92 Å². The Bertz CT molecular complexity index is 381. The van der Waals surface area contributed by atoms with Gasteiger partial charge in [0.1, 0.15) is 0 Å². The molecular formula is C15H21ClO. The Labute approximate surface area is 109 Å². The van der Waals surface area contributed by atoms with Crippen molar-refractivity contribution in [3.8, 4) is 0 Å². The summed E-state index contributed by atoms with van der Waals surface area (Å²) in [7, 11) is 0. The van der Waals surface area contributed by atoms with Gasteiger partial charge in [-0.1, -0.05) is 43.5 Å². The van der Waals surface area contributed by atoms with E-state index in [-0.39, 0.29) is 6.10 Å². The number of aliphatic hydroxyl groups is 1. The van der Waals surface area contributed by atoms with Gasteiger partial charge in [0.2, 0.25) is 0 Å². The van der Waals surface area contributed by atoms with Gasteiger partial charge in [-0.25, -0.2) is 0 Å². The van der Waals surface area contributed by atoms with Crippen molar-refractivity contribution < 1.29 is 5.11 Å². The van der Waals surface area contributed by atoms with Gasteiger partial charge >= 0.3 is 0 Å². The number of hydrogen-bond donors (Lipinski definition) is 1. The highest BCUT2D eigenvalue weighted by atomic mass is 35.5. The van der Waals surface area contributed by atoms with Crippen LogP contribution in [0.4, 0.5) is 0 Å². The van der Waals surface area contributed by atoms with Crippen molar-refractivity contribution in [2.45, 2.75) is 45.6 Å². The van der Waals surface area contributed by atoms with E-state index < -0.39 is 0 Å². The normalized spacial score (nSPS) is 26.8. The summed E-state index contributed by atoms with van der Waals surface area (Å²) < 4.78 is 0. The van der Waals surface area contributed by atoms with Crippen LogP contribution in [0, 0.1) is 18.8 Å². The minimum atomic E-state index is -0.346. The lowest BCUT2D eigenvalue weighted by Gasteiger charge is -2.30. The quantitative estimate of drug-likeness (QED) is 0.821. The summed E-state index contributed by atoms with van der Waals surface area (Å²) in [6.45, 7) is 4.29.